The average molecular weight is 557 g/mol. The van der Waals surface area contributed by atoms with E-state index in [1.807, 2.05) is 71.4 Å². The van der Waals surface area contributed by atoms with Crippen LogP contribution in [0.1, 0.15) is 25.0 Å². The summed E-state index contributed by atoms with van der Waals surface area (Å²) in [6.07, 6.45) is 2.30. The number of carbonyl (C=O) groups excluding carboxylic acids is 1. The van der Waals surface area contributed by atoms with E-state index in [0.29, 0.717) is 40.0 Å². The topological polar surface area (TPSA) is 64.5 Å². The van der Waals surface area contributed by atoms with Crippen LogP contribution in [0.25, 0.3) is 16.9 Å². The van der Waals surface area contributed by atoms with Gasteiger partial charge in [0.2, 0.25) is 5.91 Å². The van der Waals surface area contributed by atoms with E-state index in [4.69, 9.17) is 28.2 Å². The number of hydrogen-bond donors (Lipinski definition) is 0. The number of likely N-dealkylation sites (tertiary alicyclic amines) is 1. The lowest BCUT2D eigenvalue weighted by atomic mass is 10.1. The second-order valence-corrected chi connectivity index (χ2v) is 10.7. The van der Waals surface area contributed by atoms with E-state index < -0.39 is 0 Å². The number of halogens is 2. The van der Waals surface area contributed by atoms with Crippen molar-refractivity contribution in [3.05, 3.63) is 84.8 Å². The molecule has 0 spiro atoms. The van der Waals surface area contributed by atoms with Gasteiger partial charge in [0.25, 0.3) is 5.56 Å². The normalized spacial score (nSPS) is 14.2. The maximum absolute atomic E-state index is 13.5. The molecule has 2 aromatic heterocycles. The molecule has 2 aromatic carbocycles. The molecule has 4 aromatic rings. The van der Waals surface area contributed by atoms with Crippen LogP contribution in [0.5, 0.6) is 0 Å². The molecular weight excluding hydrogens is 529 g/mol. The molecule has 0 unspecified atom stereocenters. The van der Waals surface area contributed by atoms with Crippen LogP contribution in [0.3, 0.4) is 0 Å². The molecule has 1 fully saturated rings. The molecule has 10 heteroatoms. The first-order valence-electron chi connectivity index (χ1n) is 12.2. The molecule has 0 bridgehead atoms. The van der Waals surface area contributed by atoms with Gasteiger partial charge in [-0.15, -0.1) is 11.3 Å². The zero-order valence-electron chi connectivity index (χ0n) is 20.7. The van der Waals surface area contributed by atoms with E-state index in [-0.39, 0.29) is 11.5 Å². The predicted octanol–water partition coefficient (Wildman–Crippen LogP) is 5.57. The van der Waals surface area contributed by atoms with Crippen molar-refractivity contribution < 1.29 is 4.79 Å². The van der Waals surface area contributed by atoms with Gasteiger partial charge in [-0.2, -0.15) is 0 Å². The Morgan fingerprint density at radius 1 is 1.05 bits per heavy atom. The lowest BCUT2D eigenvalue weighted by molar-refractivity contribution is -0.127. The fourth-order valence-corrected chi connectivity index (χ4v) is 6.12. The molecule has 1 saturated heterocycles. The number of para-hydroxylation sites is 1. The lowest BCUT2D eigenvalue weighted by Crippen LogP contribution is -2.27. The molecule has 1 aliphatic heterocycles. The van der Waals surface area contributed by atoms with Gasteiger partial charge in [0.15, 0.2) is 10.5 Å². The van der Waals surface area contributed by atoms with Crippen molar-refractivity contribution in [2.24, 2.45) is 12.0 Å². The van der Waals surface area contributed by atoms with Crippen LogP contribution < -0.4 is 10.4 Å². The molecular formula is C27H27Cl2N5O2S. The van der Waals surface area contributed by atoms with Gasteiger partial charge in [-0.25, -0.2) is 9.67 Å². The highest BCUT2D eigenvalue weighted by molar-refractivity contribution is 7.07. The van der Waals surface area contributed by atoms with E-state index >= 15 is 0 Å². The number of carbonyl (C=O) groups is 1. The minimum absolute atomic E-state index is 0.181. The highest BCUT2D eigenvalue weighted by Crippen LogP contribution is 2.31. The third-order valence-electron chi connectivity index (χ3n) is 6.72. The maximum atomic E-state index is 13.5. The molecule has 192 valence electrons. The second kappa shape index (κ2) is 10.7. The molecule has 37 heavy (non-hydrogen) atoms. The van der Waals surface area contributed by atoms with Crippen molar-refractivity contribution in [2.75, 3.05) is 13.1 Å². The van der Waals surface area contributed by atoms with Crippen LogP contribution in [0, 0.1) is 6.92 Å². The van der Waals surface area contributed by atoms with Gasteiger partial charge >= 0.3 is 0 Å². The van der Waals surface area contributed by atoms with Crippen molar-refractivity contribution in [2.45, 2.75) is 32.7 Å². The zero-order chi connectivity index (χ0) is 26.1. The monoisotopic (exact) mass is 555 g/mol. The Morgan fingerprint density at radius 3 is 2.54 bits per heavy atom. The van der Waals surface area contributed by atoms with Gasteiger partial charge in [0, 0.05) is 49.1 Å². The largest absolute Gasteiger partial charge is 0.343 e. The van der Waals surface area contributed by atoms with Crippen molar-refractivity contribution in [1.82, 2.24) is 18.8 Å². The highest BCUT2D eigenvalue weighted by Gasteiger charge is 2.20. The third kappa shape index (κ3) is 5.06. The first-order chi connectivity index (χ1) is 17.8. The summed E-state index contributed by atoms with van der Waals surface area (Å²) in [5.41, 5.74) is 3.50. The van der Waals surface area contributed by atoms with Gasteiger partial charge in [0.05, 0.1) is 22.1 Å². The van der Waals surface area contributed by atoms with Crippen molar-refractivity contribution in [3.63, 3.8) is 0 Å². The Hall–Kier alpha value is -3.07. The number of benzene rings is 2. The fraction of sp³-hybridized carbons (Fsp3) is 0.296. The summed E-state index contributed by atoms with van der Waals surface area (Å²) in [6.45, 7) is 4.01. The SMILES string of the molecule is Cc1c(N=c2scc(-c3ccc(Cl)cc3Cl)n2CCCN2CCCC2=O)c(=O)n(-c2ccccc2)n1C. The highest BCUT2D eigenvalue weighted by atomic mass is 35.5. The molecule has 0 atom stereocenters. The summed E-state index contributed by atoms with van der Waals surface area (Å²) in [7, 11) is 1.86. The number of aromatic nitrogens is 3. The molecule has 0 radical (unpaired) electrons. The van der Waals surface area contributed by atoms with Crippen LogP contribution in [0.2, 0.25) is 10.0 Å². The summed E-state index contributed by atoms with van der Waals surface area (Å²) in [4.78, 5) is 33.1. The summed E-state index contributed by atoms with van der Waals surface area (Å²) in [5.74, 6) is 0.211. The third-order valence-corrected chi connectivity index (χ3v) is 8.13. The molecule has 0 N–H and O–H groups in total. The van der Waals surface area contributed by atoms with E-state index in [1.165, 1.54) is 11.3 Å². The van der Waals surface area contributed by atoms with Gasteiger partial charge in [0.1, 0.15) is 0 Å². The molecule has 1 aliphatic rings. The first kappa shape index (κ1) is 25.6. The lowest BCUT2D eigenvalue weighted by Gasteiger charge is -2.16. The number of amides is 1. The molecule has 7 nitrogen and oxygen atoms in total. The van der Waals surface area contributed by atoms with E-state index in [9.17, 15) is 9.59 Å². The molecule has 3 heterocycles. The van der Waals surface area contributed by atoms with Crippen LogP contribution in [-0.2, 0) is 18.4 Å². The van der Waals surface area contributed by atoms with Crippen LogP contribution in [0.15, 0.2) is 63.7 Å². The van der Waals surface area contributed by atoms with E-state index in [0.717, 1.165) is 42.0 Å². The second-order valence-electron chi connectivity index (χ2n) is 9.04. The van der Waals surface area contributed by atoms with Crippen LogP contribution in [0.4, 0.5) is 5.69 Å². The van der Waals surface area contributed by atoms with Gasteiger partial charge in [-0.05, 0) is 50.1 Å². The van der Waals surface area contributed by atoms with Crippen molar-refractivity contribution >= 4 is 46.1 Å². The van der Waals surface area contributed by atoms with Crippen LogP contribution >= 0.6 is 34.5 Å². The number of rotatable bonds is 7. The quantitative estimate of drug-likeness (QED) is 0.299. The Balaban J connectivity index is 1.59. The number of nitrogens with zero attached hydrogens (tertiary/aromatic N) is 5. The fourth-order valence-electron chi connectivity index (χ4n) is 4.69. The predicted molar refractivity (Wildman–Crippen MR) is 149 cm³/mol. The maximum Gasteiger partial charge on any atom is 0.297 e. The summed E-state index contributed by atoms with van der Waals surface area (Å²) in [5, 5.41) is 3.11. The van der Waals surface area contributed by atoms with Gasteiger partial charge in [-0.3, -0.25) is 14.3 Å². The Kier molecular flexibility index (Phi) is 7.42. The average Bonchev–Trinajstić information content (AvgIpc) is 3.53. The summed E-state index contributed by atoms with van der Waals surface area (Å²) < 4.78 is 5.53. The standard InChI is InChI=1S/C27H27Cl2N5O2S/c1-18-25(26(36)34(31(18)2)20-8-4-3-5-9-20)30-27-33(15-7-14-32-13-6-10-24(32)35)23(17-37-27)21-12-11-19(28)16-22(21)29/h3-5,8-9,11-12,16-17H,6-7,10,13-15H2,1-2H3. The van der Waals surface area contributed by atoms with Crippen LogP contribution in [-0.4, -0.2) is 37.8 Å². The Bertz CT molecular complexity index is 1580. The van der Waals surface area contributed by atoms with E-state index in [1.54, 1.807) is 10.7 Å². The molecule has 0 aliphatic carbocycles. The summed E-state index contributed by atoms with van der Waals surface area (Å²) >= 11 is 14.2. The molecule has 1 amide bonds. The number of hydrogen-bond acceptors (Lipinski definition) is 4. The van der Waals surface area contributed by atoms with Gasteiger partial charge < -0.3 is 9.47 Å². The van der Waals surface area contributed by atoms with Crippen molar-refractivity contribution in [1.29, 1.82) is 0 Å². The Labute approximate surface area is 228 Å². The van der Waals surface area contributed by atoms with Gasteiger partial charge in [-0.1, -0.05) is 41.4 Å². The minimum atomic E-state index is -0.181. The number of thiazole rings is 1. The smallest absolute Gasteiger partial charge is 0.297 e. The summed E-state index contributed by atoms with van der Waals surface area (Å²) in [6, 6.07) is 15.0. The van der Waals surface area contributed by atoms with E-state index in [2.05, 4.69) is 4.57 Å². The molecule has 0 saturated carbocycles. The molecule has 5 rings (SSSR count). The Morgan fingerprint density at radius 2 is 1.84 bits per heavy atom. The minimum Gasteiger partial charge on any atom is -0.343 e. The first-order valence-corrected chi connectivity index (χ1v) is 13.8. The van der Waals surface area contributed by atoms with Crippen molar-refractivity contribution in [3.8, 4) is 16.9 Å². The zero-order valence-corrected chi connectivity index (χ0v) is 23.0.